The maximum Gasteiger partial charge on any atom is 0.488 e. The fourth-order valence-corrected chi connectivity index (χ4v) is 2.41. The highest BCUT2D eigenvalue weighted by Crippen LogP contribution is 2.27. The largest absolute Gasteiger partial charge is 0.488 e. The van der Waals surface area contributed by atoms with Gasteiger partial charge in [-0.15, -0.1) is 0 Å². The van der Waals surface area contributed by atoms with Crippen LogP contribution in [0.3, 0.4) is 0 Å². The minimum Gasteiger partial charge on any atom is -0.423 e. The van der Waals surface area contributed by atoms with Gasteiger partial charge in [-0.3, -0.25) is 0 Å². The Hall–Kier alpha value is -0.905. The van der Waals surface area contributed by atoms with Gasteiger partial charge >= 0.3 is 7.12 Å². The Bertz CT molecular complexity index is 410. The highest BCUT2D eigenvalue weighted by molar-refractivity contribution is 6.58. The molecule has 1 aliphatic carbocycles. The quantitative estimate of drug-likeness (QED) is 0.758. The first-order valence-corrected chi connectivity index (χ1v) is 6.38. The van der Waals surface area contributed by atoms with Crippen LogP contribution in [0, 0.1) is 11.7 Å². The molecular weight excluding hydrogens is 232 g/mol. The van der Waals surface area contributed by atoms with E-state index in [0.29, 0.717) is 6.54 Å². The minimum absolute atomic E-state index is 0.210. The molecule has 0 bridgehead atoms. The van der Waals surface area contributed by atoms with E-state index < -0.39 is 12.9 Å². The van der Waals surface area contributed by atoms with Crippen molar-refractivity contribution in [3.8, 4) is 0 Å². The zero-order valence-corrected chi connectivity index (χ0v) is 10.6. The molecule has 5 heteroatoms. The molecule has 1 aromatic carbocycles. The number of halogens is 1. The number of benzene rings is 1. The predicted octanol–water partition coefficient (Wildman–Crippen LogP) is 0.737. The molecule has 0 atom stereocenters. The van der Waals surface area contributed by atoms with E-state index >= 15 is 0 Å². The van der Waals surface area contributed by atoms with Crippen molar-refractivity contribution < 1.29 is 14.4 Å². The van der Waals surface area contributed by atoms with Crippen LogP contribution in [0.1, 0.15) is 24.8 Å². The van der Waals surface area contributed by atoms with Gasteiger partial charge in [-0.1, -0.05) is 12.5 Å². The van der Waals surface area contributed by atoms with Gasteiger partial charge in [0.2, 0.25) is 0 Å². The fourth-order valence-electron chi connectivity index (χ4n) is 2.41. The summed E-state index contributed by atoms with van der Waals surface area (Å²) in [6.07, 6.45) is 3.89. The summed E-state index contributed by atoms with van der Waals surface area (Å²) in [5, 5.41) is 18.1. The van der Waals surface area contributed by atoms with Crippen molar-refractivity contribution >= 4 is 12.6 Å². The average molecular weight is 251 g/mol. The summed E-state index contributed by atoms with van der Waals surface area (Å²) >= 11 is 0. The van der Waals surface area contributed by atoms with Gasteiger partial charge in [-0.25, -0.2) is 4.39 Å². The lowest BCUT2D eigenvalue weighted by Gasteiger charge is -2.30. The molecule has 3 nitrogen and oxygen atoms in total. The maximum atomic E-state index is 13.3. The highest BCUT2D eigenvalue weighted by Gasteiger charge is 2.19. The van der Waals surface area contributed by atoms with E-state index in [0.717, 1.165) is 24.1 Å². The van der Waals surface area contributed by atoms with Gasteiger partial charge in [0.25, 0.3) is 0 Å². The fraction of sp³-hybridized carbons (Fsp3) is 0.538. The first-order valence-electron chi connectivity index (χ1n) is 6.38. The van der Waals surface area contributed by atoms with E-state index in [-0.39, 0.29) is 5.46 Å². The molecule has 0 saturated heterocycles. The predicted molar refractivity (Wildman–Crippen MR) is 69.9 cm³/mol. The van der Waals surface area contributed by atoms with Gasteiger partial charge in [0.15, 0.2) is 0 Å². The van der Waals surface area contributed by atoms with Crippen molar-refractivity contribution in [2.24, 2.45) is 5.92 Å². The summed E-state index contributed by atoms with van der Waals surface area (Å²) < 4.78 is 13.3. The van der Waals surface area contributed by atoms with Gasteiger partial charge < -0.3 is 14.9 Å². The molecule has 2 N–H and O–H groups in total. The monoisotopic (exact) mass is 251 g/mol. The van der Waals surface area contributed by atoms with Crippen LogP contribution in [-0.4, -0.2) is 35.7 Å². The normalized spacial score (nSPS) is 15.8. The van der Waals surface area contributed by atoms with Crippen LogP contribution in [0.15, 0.2) is 18.2 Å². The summed E-state index contributed by atoms with van der Waals surface area (Å²) in [7, 11) is 0.398. The molecule has 0 amide bonds. The lowest BCUT2D eigenvalue weighted by Crippen LogP contribution is -2.32. The minimum atomic E-state index is -1.61. The zero-order chi connectivity index (χ0) is 13.1. The van der Waals surface area contributed by atoms with Crippen molar-refractivity contribution in [3.05, 3.63) is 29.6 Å². The number of rotatable bonds is 5. The molecular formula is C13H19BFNO2. The first kappa shape index (κ1) is 13.5. The Morgan fingerprint density at radius 2 is 2.06 bits per heavy atom. The van der Waals surface area contributed by atoms with Crippen molar-refractivity contribution in [3.63, 3.8) is 0 Å². The summed E-state index contributed by atoms with van der Waals surface area (Å²) in [5.41, 5.74) is 0.988. The molecule has 1 saturated carbocycles. The Morgan fingerprint density at radius 1 is 1.33 bits per heavy atom. The summed E-state index contributed by atoms with van der Waals surface area (Å²) in [5.74, 6) is 0.346. The Balaban J connectivity index is 1.98. The van der Waals surface area contributed by atoms with Crippen molar-refractivity contribution in [2.45, 2.75) is 25.8 Å². The number of hydrogen-bond acceptors (Lipinski definition) is 3. The molecule has 0 aliphatic heterocycles. The Morgan fingerprint density at radius 3 is 2.61 bits per heavy atom. The third kappa shape index (κ3) is 3.54. The second-order valence-corrected chi connectivity index (χ2v) is 5.26. The van der Waals surface area contributed by atoms with Crippen LogP contribution in [0.5, 0.6) is 0 Å². The third-order valence-corrected chi connectivity index (χ3v) is 3.53. The molecule has 1 aliphatic rings. The zero-order valence-electron chi connectivity index (χ0n) is 10.6. The number of nitrogens with zero attached hydrogens (tertiary/aromatic N) is 1. The van der Waals surface area contributed by atoms with Gasteiger partial charge in [-0.2, -0.15) is 0 Å². The van der Waals surface area contributed by atoms with E-state index in [4.69, 9.17) is 10.0 Å². The molecule has 0 unspecified atom stereocenters. The van der Waals surface area contributed by atoms with E-state index in [2.05, 4.69) is 4.90 Å². The smallest absolute Gasteiger partial charge is 0.423 e. The average Bonchev–Trinajstić information content (AvgIpc) is 2.22. The lowest BCUT2D eigenvalue weighted by molar-refractivity contribution is 0.200. The van der Waals surface area contributed by atoms with E-state index in [1.165, 1.54) is 25.3 Å². The molecule has 18 heavy (non-hydrogen) atoms. The number of hydrogen-bond donors (Lipinski definition) is 2. The summed E-state index contributed by atoms with van der Waals surface area (Å²) in [6.45, 7) is 1.65. The molecule has 1 aromatic rings. The second-order valence-electron chi connectivity index (χ2n) is 5.26. The Labute approximate surface area is 107 Å². The molecule has 98 valence electrons. The molecule has 1 fully saturated rings. The van der Waals surface area contributed by atoms with Crippen molar-refractivity contribution in [1.82, 2.24) is 4.90 Å². The summed E-state index contributed by atoms with van der Waals surface area (Å²) in [6, 6.07) is 4.24. The Kier molecular flexibility index (Phi) is 4.38. The topological polar surface area (TPSA) is 43.7 Å². The van der Waals surface area contributed by atoms with Gasteiger partial charge in [0.05, 0.1) is 0 Å². The molecule has 0 spiro atoms. The van der Waals surface area contributed by atoms with Crippen LogP contribution in [0.4, 0.5) is 4.39 Å². The van der Waals surface area contributed by atoms with Gasteiger partial charge in [0.1, 0.15) is 5.82 Å². The van der Waals surface area contributed by atoms with Gasteiger partial charge in [0, 0.05) is 13.1 Å². The standard InChI is InChI=1S/C13H19BFNO2/c1-16(8-10-3-2-4-10)9-11-5-12(14(17)18)7-13(15)6-11/h5-7,10,17-18H,2-4,8-9H2,1H3. The van der Waals surface area contributed by atoms with Crippen LogP contribution in [0.2, 0.25) is 0 Å². The van der Waals surface area contributed by atoms with E-state index in [1.807, 2.05) is 7.05 Å². The van der Waals surface area contributed by atoms with Crippen LogP contribution < -0.4 is 5.46 Å². The van der Waals surface area contributed by atoms with Crippen molar-refractivity contribution in [2.75, 3.05) is 13.6 Å². The van der Waals surface area contributed by atoms with Crippen LogP contribution in [0.25, 0.3) is 0 Å². The van der Waals surface area contributed by atoms with Crippen LogP contribution in [-0.2, 0) is 6.54 Å². The van der Waals surface area contributed by atoms with E-state index in [1.54, 1.807) is 6.07 Å². The molecule has 2 rings (SSSR count). The second kappa shape index (κ2) is 5.82. The third-order valence-electron chi connectivity index (χ3n) is 3.53. The van der Waals surface area contributed by atoms with Gasteiger partial charge in [-0.05, 0) is 49.0 Å². The SMILES string of the molecule is CN(Cc1cc(F)cc(B(O)O)c1)CC1CCC1. The van der Waals surface area contributed by atoms with Crippen molar-refractivity contribution in [1.29, 1.82) is 0 Å². The summed E-state index contributed by atoms with van der Waals surface area (Å²) in [4.78, 5) is 2.16. The van der Waals surface area contributed by atoms with E-state index in [9.17, 15) is 4.39 Å². The van der Waals surface area contributed by atoms with Crippen LogP contribution >= 0.6 is 0 Å². The highest BCUT2D eigenvalue weighted by atomic mass is 19.1. The first-order chi connectivity index (χ1) is 8.54. The molecule has 0 heterocycles. The lowest BCUT2D eigenvalue weighted by atomic mass is 9.79. The molecule has 0 radical (unpaired) electrons. The maximum absolute atomic E-state index is 13.3. The molecule has 0 aromatic heterocycles.